The minimum Gasteiger partial charge on any atom is -0.454 e. The van der Waals surface area contributed by atoms with Gasteiger partial charge in [-0.3, -0.25) is 0 Å². The molecule has 0 radical (unpaired) electrons. The van der Waals surface area contributed by atoms with E-state index in [0.29, 0.717) is 18.2 Å². The first-order chi connectivity index (χ1) is 10.0. The van der Waals surface area contributed by atoms with Crippen molar-refractivity contribution in [2.24, 2.45) is 0 Å². The van der Waals surface area contributed by atoms with Crippen molar-refractivity contribution in [1.82, 2.24) is 5.32 Å². The van der Waals surface area contributed by atoms with E-state index in [9.17, 15) is 4.39 Å². The van der Waals surface area contributed by atoms with Crippen LogP contribution >= 0.6 is 0 Å². The molecule has 0 aliphatic heterocycles. The monoisotopic (exact) mass is 287 g/mol. The third-order valence-corrected chi connectivity index (χ3v) is 3.47. The van der Waals surface area contributed by atoms with Crippen LogP contribution in [0.1, 0.15) is 36.5 Å². The van der Waals surface area contributed by atoms with E-state index in [0.717, 1.165) is 11.1 Å². The molecular formula is C18H22FNO. The Bertz CT molecular complexity index is 623. The van der Waals surface area contributed by atoms with E-state index < -0.39 is 0 Å². The Morgan fingerprint density at radius 3 is 2.48 bits per heavy atom. The molecule has 0 atom stereocenters. The topological polar surface area (TPSA) is 21.3 Å². The Kier molecular flexibility index (Phi) is 4.97. The number of hydrogen-bond donors (Lipinski definition) is 1. The smallest absolute Gasteiger partial charge is 0.166 e. The zero-order chi connectivity index (χ0) is 15.4. The first-order valence-corrected chi connectivity index (χ1v) is 7.22. The normalized spacial score (nSPS) is 11.0. The van der Waals surface area contributed by atoms with E-state index >= 15 is 0 Å². The first kappa shape index (κ1) is 15.5. The number of aryl methyl sites for hydroxylation is 1. The first-order valence-electron chi connectivity index (χ1n) is 7.22. The van der Waals surface area contributed by atoms with E-state index in [1.165, 1.54) is 11.6 Å². The lowest BCUT2D eigenvalue weighted by Crippen LogP contribution is -2.05. The maximum absolute atomic E-state index is 14.0. The van der Waals surface area contributed by atoms with Gasteiger partial charge in [-0.15, -0.1) is 0 Å². The van der Waals surface area contributed by atoms with Crippen LogP contribution < -0.4 is 10.1 Å². The average molecular weight is 287 g/mol. The van der Waals surface area contributed by atoms with Gasteiger partial charge in [-0.2, -0.15) is 0 Å². The van der Waals surface area contributed by atoms with Gasteiger partial charge >= 0.3 is 0 Å². The van der Waals surface area contributed by atoms with Gasteiger partial charge in [0.25, 0.3) is 0 Å². The summed E-state index contributed by atoms with van der Waals surface area (Å²) < 4.78 is 19.7. The molecule has 2 aromatic rings. The van der Waals surface area contributed by atoms with E-state index in [-0.39, 0.29) is 11.6 Å². The molecule has 3 heteroatoms. The maximum Gasteiger partial charge on any atom is 0.166 e. The van der Waals surface area contributed by atoms with Crippen LogP contribution in [-0.2, 0) is 6.54 Å². The SMILES string of the molecule is CNCc1ccc(Oc2ccc(C(C)C)c(C)c2)c(F)c1. The predicted octanol–water partition coefficient (Wildman–Crippen LogP) is 4.77. The van der Waals surface area contributed by atoms with E-state index in [1.807, 2.05) is 31.3 Å². The molecule has 0 saturated carbocycles. The molecule has 0 heterocycles. The molecule has 0 aliphatic rings. The molecule has 21 heavy (non-hydrogen) atoms. The van der Waals surface area contributed by atoms with E-state index in [2.05, 4.69) is 26.1 Å². The Balaban J connectivity index is 2.20. The third-order valence-electron chi connectivity index (χ3n) is 3.47. The van der Waals surface area contributed by atoms with Crippen LogP contribution in [0, 0.1) is 12.7 Å². The molecule has 0 aromatic heterocycles. The minimum absolute atomic E-state index is 0.256. The van der Waals surface area contributed by atoms with Crippen molar-refractivity contribution >= 4 is 0 Å². The summed E-state index contributed by atoms with van der Waals surface area (Å²) in [7, 11) is 1.83. The summed E-state index contributed by atoms with van der Waals surface area (Å²) in [6.07, 6.45) is 0. The van der Waals surface area contributed by atoms with Crippen molar-refractivity contribution in [1.29, 1.82) is 0 Å². The Morgan fingerprint density at radius 1 is 1.14 bits per heavy atom. The van der Waals surface area contributed by atoms with Crippen molar-refractivity contribution in [3.05, 3.63) is 58.9 Å². The quantitative estimate of drug-likeness (QED) is 0.855. The molecule has 0 unspecified atom stereocenters. The molecule has 2 rings (SSSR count). The lowest BCUT2D eigenvalue weighted by Gasteiger charge is -2.13. The number of hydrogen-bond acceptors (Lipinski definition) is 2. The summed E-state index contributed by atoms with van der Waals surface area (Å²) in [5, 5.41) is 3.00. The molecule has 0 aliphatic carbocycles. The molecule has 0 bridgehead atoms. The number of benzene rings is 2. The van der Waals surface area contributed by atoms with Crippen molar-refractivity contribution in [3.63, 3.8) is 0 Å². The lowest BCUT2D eigenvalue weighted by molar-refractivity contribution is 0.441. The van der Waals surface area contributed by atoms with Gasteiger partial charge in [0.1, 0.15) is 5.75 Å². The van der Waals surface area contributed by atoms with Gasteiger partial charge in [-0.25, -0.2) is 4.39 Å². The summed E-state index contributed by atoms with van der Waals surface area (Å²) in [6, 6.07) is 10.9. The number of nitrogens with one attached hydrogen (secondary N) is 1. The Labute approximate surface area is 126 Å². The second-order valence-corrected chi connectivity index (χ2v) is 5.57. The zero-order valence-electron chi connectivity index (χ0n) is 13.0. The molecule has 0 fully saturated rings. The molecule has 0 spiro atoms. The molecule has 2 aromatic carbocycles. The molecule has 2 nitrogen and oxygen atoms in total. The average Bonchev–Trinajstić information content (AvgIpc) is 2.42. The van der Waals surface area contributed by atoms with Gasteiger partial charge in [0, 0.05) is 6.54 Å². The van der Waals surface area contributed by atoms with Gasteiger partial charge in [0.2, 0.25) is 0 Å². The maximum atomic E-state index is 14.0. The zero-order valence-corrected chi connectivity index (χ0v) is 13.0. The second kappa shape index (κ2) is 6.72. The van der Waals surface area contributed by atoms with Gasteiger partial charge in [0.05, 0.1) is 0 Å². The summed E-state index contributed by atoms with van der Waals surface area (Å²) in [5.74, 6) is 1.05. The number of rotatable bonds is 5. The van der Waals surface area contributed by atoms with Crippen LogP contribution in [-0.4, -0.2) is 7.05 Å². The predicted molar refractivity (Wildman–Crippen MR) is 84.5 cm³/mol. The lowest BCUT2D eigenvalue weighted by atomic mass is 9.98. The van der Waals surface area contributed by atoms with Crippen LogP contribution in [0.5, 0.6) is 11.5 Å². The standard InChI is InChI=1S/C18H22FNO/c1-12(2)16-7-6-15(9-13(16)3)21-18-8-5-14(11-20-4)10-17(18)19/h5-10,12,20H,11H2,1-4H3. The fourth-order valence-electron chi connectivity index (χ4n) is 2.43. The van der Waals surface area contributed by atoms with Crippen molar-refractivity contribution in [2.75, 3.05) is 7.05 Å². The molecule has 0 saturated heterocycles. The van der Waals surface area contributed by atoms with Crippen molar-refractivity contribution in [3.8, 4) is 11.5 Å². The highest BCUT2D eigenvalue weighted by molar-refractivity contribution is 5.40. The molecular weight excluding hydrogens is 265 g/mol. The van der Waals surface area contributed by atoms with Gasteiger partial charge in [-0.05, 0) is 60.8 Å². The van der Waals surface area contributed by atoms with Crippen LogP contribution in [0.4, 0.5) is 4.39 Å². The van der Waals surface area contributed by atoms with E-state index in [1.54, 1.807) is 6.07 Å². The highest BCUT2D eigenvalue weighted by Crippen LogP contribution is 2.28. The third kappa shape index (κ3) is 3.82. The second-order valence-electron chi connectivity index (χ2n) is 5.57. The number of halogens is 1. The highest BCUT2D eigenvalue weighted by Gasteiger charge is 2.08. The molecule has 112 valence electrons. The van der Waals surface area contributed by atoms with Crippen molar-refractivity contribution < 1.29 is 9.13 Å². The highest BCUT2D eigenvalue weighted by atomic mass is 19.1. The van der Waals surface area contributed by atoms with Crippen LogP contribution in [0.25, 0.3) is 0 Å². The fourth-order valence-corrected chi connectivity index (χ4v) is 2.43. The summed E-state index contributed by atoms with van der Waals surface area (Å²) in [4.78, 5) is 0. The summed E-state index contributed by atoms with van der Waals surface area (Å²) in [6.45, 7) is 7.00. The van der Waals surface area contributed by atoms with Crippen molar-refractivity contribution in [2.45, 2.75) is 33.2 Å². The van der Waals surface area contributed by atoms with Crippen LogP contribution in [0.15, 0.2) is 36.4 Å². The van der Waals surface area contributed by atoms with Crippen LogP contribution in [0.2, 0.25) is 0 Å². The molecule has 0 amide bonds. The summed E-state index contributed by atoms with van der Waals surface area (Å²) >= 11 is 0. The van der Waals surface area contributed by atoms with Gasteiger partial charge in [0.15, 0.2) is 11.6 Å². The Morgan fingerprint density at radius 2 is 1.90 bits per heavy atom. The minimum atomic E-state index is -0.340. The van der Waals surface area contributed by atoms with E-state index in [4.69, 9.17) is 4.74 Å². The largest absolute Gasteiger partial charge is 0.454 e. The van der Waals surface area contributed by atoms with Gasteiger partial charge < -0.3 is 10.1 Å². The number of ether oxygens (including phenoxy) is 1. The molecule has 1 N–H and O–H groups in total. The Hall–Kier alpha value is -1.87. The fraction of sp³-hybridized carbons (Fsp3) is 0.333. The summed E-state index contributed by atoms with van der Waals surface area (Å²) in [5.41, 5.74) is 3.34. The van der Waals surface area contributed by atoms with Gasteiger partial charge in [-0.1, -0.05) is 26.0 Å². The van der Waals surface area contributed by atoms with Crippen LogP contribution in [0.3, 0.4) is 0 Å².